The van der Waals surface area contributed by atoms with Crippen LogP contribution in [0.3, 0.4) is 0 Å². The van der Waals surface area contributed by atoms with Crippen LogP contribution < -0.4 is 0 Å². The van der Waals surface area contributed by atoms with E-state index < -0.39 is 43.5 Å². The molecule has 4 N–H and O–H groups in total. The van der Waals surface area contributed by atoms with Gasteiger partial charge in [-0.15, -0.1) is 0 Å². The van der Waals surface area contributed by atoms with Crippen molar-refractivity contribution >= 4 is 6.16 Å². The first-order valence-electron chi connectivity index (χ1n) is 8.92. The number of carbonyl (C=O) groups excluding carboxylic acids is 1. The lowest BCUT2D eigenvalue weighted by molar-refractivity contribution is -0.290. The van der Waals surface area contributed by atoms with Crippen LogP contribution in [-0.2, 0) is 14.2 Å². The average Bonchev–Trinajstić information content (AvgIpc) is 2.55. The maximum Gasteiger partial charge on any atom is 0.510 e. The Labute approximate surface area is 147 Å². The third kappa shape index (κ3) is 4.83. The molecule has 146 valence electrons. The summed E-state index contributed by atoms with van der Waals surface area (Å²) in [6.45, 7) is 5.69. The largest absolute Gasteiger partial charge is 0.510 e. The fourth-order valence-corrected chi connectivity index (χ4v) is 3.66. The molecule has 4 unspecified atom stereocenters. The maximum atomic E-state index is 12.1. The van der Waals surface area contributed by atoms with Crippen molar-refractivity contribution in [3.63, 3.8) is 0 Å². The van der Waals surface area contributed by atoms with Gasteiger partial charge in [0.1, 0.15) is 30.5 Å². The van der Waals surface area contributed by atoms with Gasteiger partial charge in [0.15, 0.2) is 0 Å². The molecule has 8 atom stereocenters. The van der Waals surface area contributed by atoms with Gasteiger partial charge in [-0.1, -0.05) is 27.2 Å². The topological polar surface area (TPSA) is 126 Å². The van der Waals surface area contributed by atoms with Crippen molar-refractivity contribution in [3.8, 4) is 0 Å². The third-order valence-corrected chi connectivity index (χ3v) is 5.27. The molecule has 1 saturated carbocycles. The minimum absolute atomic E-state index is 0.235. The average molecular weight is 362 g/mol. The summed E-state index contributed by atoms with van der Waals surface area (Å²) in [5, 5.41) is 38.5. The van der Waals surface area contributed by atoms with Crippen LogP contribution in [0.4, 0.5) is 4.79 Å². The van der Waals surface area contributed by atoms with Gasteiger partial charge in [0, 0.05) is 0 Å². The molecule has 25 heavy (non-hydrogen) atoms. The summed E-state index contributed by atoms with van der Waals surface area (Å²) in [4.78, 5) is 12.1. The third-order valence-electron chi connectivity index (χ3n) is 5.27. The zero-order valence-electron chi connectivity index (χ0n) is 14.9. The molecule has 0 amide bonds. The van der Waals surface area contributed by atoms with Crippen LogP contribution in [0.1, 0.15) is 40.0 Å². The SMILES string of the molecule is CC1CCC(C(C)C)C(OC(=O)OC2O[C@H](CO)[C@@H](O)[C@H](O)[C@H]2O)C1. The van der Waals surface area contributed by atoms with Crippen molar-refractivity contribution < 1.29 is 39.4 Å². The highest BCUT2D eigenvalue weighted by molar-refractivity contribution is 5.60. The second kappa shape index (κ2) is 8.64. The van der Waals surface area contributed by atoms with E-state index in [0.29, 0.717) is 11.8 Å². The lowest BCUT2D eigenvalue weighted by Gasteiger charge is -2.40. The van der Waals surface area contributed by atoms with E-state index in [4.69, 9.17) is 19.3 Å². The maximum absolute atomic E-state index is 12.1. The molecule has 0 aromatic carbocycles. The lowest BCUT2D eigenvalue weighted by Crippen LogP contribution is -2.59. The van der Waals surface area contributed by atoms with Gasteiger partial charge < -0.3 is 34.6 Å². The molecule has 0 bridgehead atoms. The molecular weight excluding hydrogens is 332 g/mol. The molecule has 8 nitrogen and oxygen atoms in total. The van der Waals surface area contributed by atoms with E-state index in [2.05, 4.69) is 20.8 Å². The van der Waals surface area contributed by atoms with E-state index in [0.717, 1.165) is 19.3 Å². The Kier molecular flexibility index (Phi) is 7.04. The fraction of sp³-hybridized carbons (Fsp3) is 0.941. The van der Waals surface area contributed by atoms with Crippen molar-refractivity contribution in [3.05, 3.63) is 0 Å². The number of rotatable bonds is 4. The van der Waals surface area contributed by atoms with E-state index in [1.165, 1.54) is 0 Å². The van der Waals surface area contributed by atoms with Crippen LogP contribution in [0.2, 0.25) is 0 Å². The molecule has 1 aliphatic carbocycles. The standard InChI is InChI=1S/C17H30O8/c1-8(2)10-5-4-9(3)6-11(10)24-17(22)25-16-15(21)14(20)13(19)12(7-18)23-16/h8-16,18-21H,4-7H2,1-3H3/t9?,10?,11?,12-,13-,14+,15-,16?/m1/s1. The summed E-state index contributed by atoms with van der Waals surface area (Å²) >= 11 is 0. The van der Waals surface area contributed by atoms with Gasteiger partial charge in [0.05, 0.1) is 6.61 Å². The molecule has 2 aliphatic rings. The molecule has 0 aromatic heterocycles. The Morgan fingerprint density at radius 3 is 2.40 bits per heavy atom. The highest BCUT2D eigenvalue weighted by Gasteiger charge is 2.46. The monoisotopic (exact) mass is 362 g/mol. The summed E-state index contributed by atoms with van der Waals surface area (Å²) in [6.07, 6.45) is -5.83. The van der Waals surface area contributed by atoms with E-state index >= 15 is 0 Å². The Bertz CT molecular complexity index is 440. The molecule has 0 spiro atoms. The van der Waals surface area contributed by atoms with Gasteiger partial charge in [-0.3, -0.25) is 0 Å². The second-order valence-corrected chi connectivity index (χ2v) is 7.55. The minimum Gasteiger partial charge on any atom is -0.431 e. The van der Waals surface area contributed by atoms with Gasteiger partial charge in [-0.25, -0.2) is 4.79 Å². The molecule has 2 fully saturated rings. The molecule has 0 radical (unpaired) electrons. The van der Waals surface area contributed by atoms with E-state index in [9.17, 15) is 20.1 Å². The van der Waals surface area contributed by atoms with Crippen LogP contribution >= 0.6 is 0 Å². The smallest absolute Gasteiger partial charge is 0.431 e. The van der Waals surface area contributed by atoms with Gasteiger partial charge in [-0.2, -0.15) is 0 Å². The highest BCUT2D eigenvalue weighted by atomic mass is 16.8. The van der Waals surface area contributed by atoms with E-state index in [1.54, 1.807) is 0 Å². The highest BCUT2D eigenvalue weighted by Crippen LogP contribution is 2.35. The Morgan fingerprint density at radius 1 is 1.12 bits per heavy atom. The van der Waals surface area contributed by atoms with Crippen LogP contribution in [0.5, 0.6) is 0 Å². The summed E-state index contributed by atoms with van der Waals surface area (Å²) in [5.41, 5.74) is 0. The van der Waals surface area contributed by atoms with Crippen LogP contribution in [0.15, 0.2) is 0 Å². The summed E-state index contributed by atoms with van der Waals surface area (Å²) in [7, 11) is 0. The van der Waals surface area contributed by atoms with Crippen molar-refractivity contribution in [1.29, 1.82) is 0 Å². The first-order valence-corrected chi connectivity index (χ1v) is 8.92. The van der Waals surface area contributed by atoms with E-state index in [-0.39, 0.29) is 12.0 Å². The predicted octanol–water partition coefficient (Wildman–Crippen LogP) is 0.400. The number of hydrogen-bond acceptors (Lipinski definition) is 8. The number of carbonyl (C=O) groups is 1. The number of ether oxygens (including phenoxy) is 3. The molecule has 2 rings (SSSR count). The van der Waals surface area contributed by atoms with Gasteiger partial charge in [-0.05, 0) is 30.6 Å². The molecule has 8 heteroatoms. The minimum atomic E-state index is -1.63. The first kappa shape index (κ1) is 20.4. The zero-order chi connectivity index (χ0) is 18.7. The van der Waals surface area contributed by atoms with Gasteiger partial charge in [0.25, 0.3) is 0 Å². The fourth-order valence-electron chi connectivity index (χ4n) is 3.66. The van der Waals surface area contributed by atoms with Crippen molar-refractivity contribution in [2.45, 2.75) is 76.8 Å². The van der Waals surface area contributed by atoms with Crippen molar-refractivity contribution in [2.75, 3.05) is 6.61 Å². The van der Waals surface area contributed by atoms with Gasteiger partial charge in [0.2, 0.25) is 6.29 Å². The second-order valence-electron chi connectivity index (χ2n) is 7.55. The Balaban J connectivity index is 1.96. The normalized spacial score (nSPS) is 42.2. The van der Waals surface area contributed by atoms with Crippen molar-refractivity contribution in [1.82, 2.24) is 0 Å². The molecule has 1 aliphatic heterocycles. The first-order chi connectivity index (χ1) is 11.7. The molecule has 1 heterocycles. The molecular formula is C17H30O8. The zero-order valence-corrected chi connectivity index (χ0v) is 14.9. The quantitative estimate of drug-likeness (QED) is 0.530. The van der Waals surface area contributed by atoms with Crippen LogP contribution in [0, 0.1) is 17.8 Å². The summed E-state index contributed by atoms with van der Waals surface area (Å²) in [6, 6.07) is 0. The van der Waals surface area contributed by atoms with Crippen molar-refractivity contribution in [2.24, 2.45) is 17.8 Å². The summed E-state index contributed by atoms with van der Waals surface area (Å²) < 4.78 is 15.6. The number of aliphatic hydroxyl groups is 4. The van der Waals surface area contributed by atoms with Crippen LogP contribution in [0.25, 0.3) is 0 Å². The number of hydrogen-bond donors (Lipinski definition) is 4. The van der Waals surface area contributed by atoms with Crippen LogP contribution in [-0.4, -0.2) is 70.0 Å². The predicted molar refractivity (Wildman–Crippen MR) is 86.5 cm³/mol. The number of aliphatic hydroxyl groups excluding tert-OH is 4. The Morgan fingerprint density at radius 2 is 1.80 bits per heavy atom. The Hall–Kier alpha value is -0.930. The van der Waals surface area contributed by atoms with E-state index in [1.807, 2.05) is 0 Å². The summed E-state index contributed by atoms with van der Waals surface area (Å²) in [5.74, 6) is 1.04. The molecule has 0 aromatic rings. The van der Waals surface area contributed by atoms with Gasteiger partial charge >= 0.3 is 6.16 Å². The lowest BCUT2D eigenvalue weighted by atomic mass is 9.75. The molecule has 1 saturated heterocycles.